The van der Waals surface area contributed by atoms with Crippen LogP contribution in [0.4, 0.5) is 10.8 Å². The number of rotatable bonds is 4. The number of nitro benzene ring substituents is 1. The first-order valence-corrected chi connectivity index (χ1v) is 8.73. The van der Waals surface area contributed by atoms with Crippen molar-refractivity contribution >= 4 is 28.1 Å². The number of piperazine rings is 1. The van der Waals surface area contributed by atoms with Gasteiger partial charge in [0.15, 0.2) is 5.13 Å². The highest BCUT2D eigenvalue weighted by atomic mass is 32.1. The molecule has 1 fully saturated rings. The highest BCUT2D eigenvalue weighted by molar-refractivity contribution is 7.15. The van der Waals surface area contributed by atoms with Crippen LogP contribution in [0.15, 0.2) is 24.3 Å². The number of amides is 1. The fraction of sp³-hybridized carbons (Fsp3) is 0.375. The van der Waals surface area contributed by atoms with E-state index in [1.807, 2.05) is 6.92 Å². The summed E-state index contributed by atoms with van der Waals surface area (Å²) in [6, 6.07) is 5.74. The van der Waals surface area contributed by atoms with Crippen molar-refractivity contribution in [1.82, 2.24) is 14.8 Å². The van der Waals surface area contributed by atoms with Crippen LogP contribution in [0.3, 0.4) is 0 Å². The number of anilines is 1. The highest BCUT2D eigenvalue weighted by Gasteiger charge is 2.23. The van der Waals surface area contributed by atoms with Gasteiger partial charge in [0.25, 0.3) is 11.6 Å². The minimum Gasteiger partial charge on any atom is -0.375 e. The van der Waals surface area contributed by atoms with Crippen LogP contribution in [-0.4, -0.2) is 51.8 Å². The Morgan fingerprint density at radius 3 is 2.44 bits per heavy atom. The topological polar surface area (TPSA) is 106 Å². The van der Waals surface area contributed by atoms with Crippen molar-refractivity contribution in [3.05, 3.63) is 50.5 Å². The van der Waals surface area contributed by atoms with Crippen LogP contribution < -0.4 is 5.73 Å². The summed E-state index contributed by atoms with van der Waals surface area (Å²) in [5, 5.41) is 11.3. The summed E-state index contributed by atoms with van der Waals surface area (Å²) in [6.07, 6.45) is 0. The lowest BCUT2D eigenvalue weighted by molar-refractivity contribution is -0.384. The van der Waals surface area contributed by atoms with E-state index in [9.17, 15) is 14.9 Å². The first kappa shape index (κ1) is 17.3. The van der Waals surface area contributed by atoms with E-state index >= 15 is 0 Å². The Balaban J connectivity index is 1.57. The van der Waals surface area contributed by atoms with Crippen molar-refractivity contribution in [2.45, 2.75) is 13.5 Å². The molecule has 132 valence electrons. The number of benzene rings is 1. The van der Waals surface area contributed by atoms with Crippen LogP contribution in [0, 0.1) is 17.0 Å². The Morgan fingerprint density at radius 1 is 1.28 bits per heavy atom. The highest BCUT2D eigenvalue weighted by Crippen LogP contribution is 2.22. The summed E-state index contributed by atoms with van der Waals surface area (Å²) < 4.78 is 0. The molecule has 1 aliphatic rings. The number of carbonyl (C=O) groups excluding carboxylic acids is 1. The number of thiazole rings is 1. The maximum Gasteiger partial charge on any atom is 0.269 e. The molecule has 0 radical (unpaired) electrons. The number of hydrogen-bond donors (Lipinski definition) is 1. The number of nitrogens with two attached hydrogens (primary N) is 1. The predicted molar refractivity (Wildman–Crippen MR) is 95.5 cm³/mol. The summed E-state index contributed by atoms with van der Waals surface area (Å²) in [6.45, 7) is 5.55. The molecule has 0 aliphatic carbocycles. The van der Waals surface area contributed by atoms with Gasteiger partial charge < -0.3 is 10.6 Å². The molecule has 0 atom stereocenters. The zero-order chi connectivity index (χ0) is 18.0. The first-order valence-electron chi connectivity index (χ1n) is 7.92. The molecule has 1 saturated heterocycles. The molecule has 25 heavy (non-hydrogen) atoms. The Bertz CT molecular complexity index is 782. The SMILES string of the molecule is Cc1nc(N)sc1CN1CCN(C(=O)c2ccc([N+](=O)[O-])cc2)CC1. The summed E-state index contributed by atoms with van der Waals surface area (Å²) in [7, 11) is 0. The van der Waals surface area contributed by atoms with Crippen LogP contribution >= 0.6 is 11.3 Å². The molecule has 2 aromatic rings. The fourth-order valence-electron chi connectivity index (χ4n) is 2.82. The molecule has 9 heteroatoms. The Kier molecular flexibility index (Phi) is 4.95. The van der Waals surface area contributed by atoms with Crippen LogP contribution in [0.2, 0.25) is 0 Å². The Labute approximate surface area is 149 Å². The largest absolute Gasteiger partial charge is 0.375 e. The second kappa shape index (κ2) is 7.16. The van der Waals surface area contributed by atoms with E-state index in [2.05, 4.69) is 9.88 Å². The van der Waals surface area contributed by atoms with E-state index in [-0.39, 0.29) is 11.6 Å². The van der Waals surface area contributed by atoms with Crippen molar-refractivity contribution in [2.75, 3.05) is 31.9 Å². The monoisotopic (exact) mass is 361 g/mol. The standard InChI is InChI=1S/C16H19N5O3S/c1-11-14(25-16(17)18-11)10-19-6-8-20(9-7-19)15(22)12-2-4-13(5-3-12)21(23)24/h2-5H,6-10H2,1H3,(H2,17,18). The molecule has 1 aliphatic heterocycles. The van der Waals surface area contributed by atoms with Gasteiger partial charge in [-0.2, -0.15) is 0 Å². The number of carbonyl (C=O) groups is 1. The second-order valence-electron chi connectivity index (χ2n) is 5.93. The van der Waals surface area contributed by atoms with Crippen LogP contribution in [0.5, 0.6) is 0 Å². The van der Waals surface area contributed by atoms with E-state index in [0.717, 1.165) is 30.2 Å². The minimum atomic E-state index is -0.471. The molecule has 0 bridgehead atoms. The molecule has 2 N–H and O–H groups in total. The van der Waals surface area contributed by atoms with Crippen molar-refractivity contribution < 1.29 is 9.72 Å². The van der Waals surface area contributed by atoms with Gasteiger partial charge in [-0.3, -0.25) is 19.8 Å². The zero-order valence-electron chi connectivity index (χ0n) is 13.8. The number of nitro groups is 1. The van der Waals surface area contributed by atoms with E-state index in [0.29, 0.717) is 23.8 Å². The zero-order valence-corrected chi connectivity index (χ0v) is 14.7. The number of non-ortho nitro benzene ring substituents is 1. The van der Waals surface area contributed by atoms with Gasteiger partial charge in [0.2, 0.25) is 0 Å². The van der Waals surface area contributed by atoms with Gasteiger partial charge in [-0.1, -0.05) is 0 Å². The van der Waals surface area contributed by atoms with E-state index < -0.39 is 4.92 Å². The van der Waals surface area contributed by atoms with Gasteiger partial charge in [0.1, 0.15) is 0 Å². The van der Waals surface area contributed by atoms with Crippen LogP contribution in [0.25, 0.3) is 0 Å². The fourth-order valence-corrected chi connectivity index (χ4v) is 3.69. The van der Waals surface area contributed by atoms with Crippen molar-refractivity contribution in [2.24, 2.45) is 0 Å². The quantitative estimate of drug-likeness (QED) is 0.658. The van der Waals surface area contributed by atoms with Crippen molar-refractivity contribution in [3.8, 4) is 0 Å². The molecule has 0 unspecified atom stereocenters. The van der Waals surface area contributed by atoms with Gasteiger partial charge in [0, 0.05) is 55.3 Å². The summed E-state index contributed by atoms with van der Waals surface area (Å²) in [5.41, 5.74) is 7.16. The first-order chi connectivity index (χ1) is 11.9. The maximum absolute atomic E-state index is 12.5. The number of nitrogens with zero attached hydrogens (tertiary/aromatic N) is 4. The summed E-state index contributed by atoms with van der Waals surface area (Å²) in [4.78, 5) is 32.2. The van der Waals surface area contributed by atoms with Gasteiger partial charge in [0.05, 0.1) is 10.6 Å². The summed E-state index contributed by atoms with van der Waals surface area (Å²) in [5.74, 6) is -0.0900. The third-order valence-electron chi connectivity index (χ3n) is 4.26. The number of aryl methyl sites for hydroxylation is 1. The normalized spacial score (nSPS) is 15.3. The minimum absolute atomic E-state index is 0.0134. The summed E-state index contributed by atoms with van der Waals surface area (Å²) >= 11 is 1.51. The average Bonchev–Trinajstić information content (AvgIpc) is 2.92. The van der Waals surface area contributed by atoms with E-state index in [1.165, 1.54) is 35.6 Å². The van der Waals surface area contributed by atoms with E-state index in [1.54, 1.807) is 4.90 Å². The molecular formula is C16H19N5O3S. The molecule has 8 nitrogen and oxygen atoms in total. The maximum atomic E-state index is 12.5. The van der Waals surface area contributed by atoms with Gasteiger partial charge in [-0.15, -0.1) is 11.3 Å². The lowest BCUT2D eigenvalue weighted by Crippen LogP contribution is -2.48. The Morgan fingerprint density at radius 2 is 1.92 bits per heavy atom. The predicted octanol–water partition coefficient (Wildman–Crippen LogP) is 1.90. The number of aromatic nitrogens is 1. The third-order valence-corrected chi connectivity index (χ3v) is 5.23. The van der Waals surface area contributed by atoms with Crippen molar-refractivity contribution in [3.63, 3.8) is 0 Å². The lowest BCUT2D eigenvalue weighted by Gasteiger charge is -2.34. The molecular weight excluding hydrogens is 342 g/mol. The molecule has 0 saturated carbocycles. The smallest absolute Gasteiger partial charge is 0.269 e. The van der Waals surface area contributed by atoms with Crippen molar-refractivity contribution in [1.29, 1.82) is 0 Å². The number of hydrogen-bond acceptors (Lipinski definition) is 7. The third kappa shape index (κ3) is 3.94. The number of nitrogen functional groups attached to an aromatic ring is 1. The molecule has 1 aromatic carbocycles. The van der Waals surface area contributed by atoms with Crippen LogP contribution in [0.1, 0.15) is 20.9 Å². The van der Waals surface area contributed by atoms with Gasteiger partial charge in [-0.25, -0.2) is 4.98 Å². The average molecular weight is 361 g/mol. The second-order valence-corrected chi connectivity index (χ2v) is 7.05. The molecule has 1 amide bonds. The molecule has 3 rings (SSSR count). The lowest BCUT2D eigenvalue weighted by atomic mass is 10.1. The molecule has 0 spiro atoms. The Hall–Kier alpha value is -2.52. The van der Waals surface area contributed by atoms with E-state index in [4.69, 9.17) is 5.73 Å². The molecule has 1 aromatic heterocycles. The van der Waals surface area contributed by atoms with Gasteiger partial charge >= 0.3 is 0 Å². The van der Waals surface area contributed by atoms with Gasteiger partial charge in [-0.05, 0) is 19.1 Å². The van der Waals surface area contributed by atoms with Crippen LogP contribution in [-0.2, 0) is 6.54 Å². The molecule has 2 heterocycles.